The zero-order valence-corrected chi connectivity index (χ0v) is 16.7. The molecule has 2 aliphatic heterocycles. The summed E-state index contributed by atoms with van der Waals surface area (Å²) in [6, 6.07) is 7.22. The predicted molar refractivity (Wildman–Crippen MR) is 107 cm³/mol. The molecule has 2 saturated carbocycles. The van der Waals surface area contributed by atoms with Gasteiger partial charge < -0.3 is 9.88 Å². The average molecular weight is 377 g/mol. The maximum absolute atomic E-state index is 13.5. The minimum atomic E-state index is -0.159. The number of aromatic nitrogens is 2. The van der Waals surface area contributed by atoms with Crippen LogP contribution in [0.4, 0.5) is 0 Å². The molecule has 2 saturated heterocycles. The van der Waals surface area contributed by atoms with Gasteiger partial charge in [-0.2, -0.15) is 5.26 Å². The topological polar surface area (TPSA) is 72.8 Å². The first-order chi connectivity index (χ1) is 13.5. The fraction of sp³-hybridized carbons (Fsp3) is 0.609. The number of hydrogen-bond acceptors (Lipinski definition) is 3. The number of carbonyl (C=O) groups is 1. The van der Waals surface area contributed by atoms with Gasteiger partial charge >= 0.3 is 0 Å². The van der Waals surface area contributed by atoms with Gasteiger partial charge in [0.1, 0.15) is 5.65 Å². The number of H-pyrrole nitrogens is 1. The van der Waals surface area contributed by atoms with Crippen LogP contribution in [0.3, 0.4) is 0 Å². The Morgan fingerprint density at radius 2 is 2.11 bits per heavy atom. The Kier molecular flexibility index (Phi) is 4.01. The second-order valence-electron chi connectivity index (χ2n) is 9.65. The van der Waals surface area contributed by atoms with Crippen LogP contribution in [0.5, 0.6) is 0 Å². The summed E-state index contributed by atoms with van der Waals surface area (Å²) in [5.74, 6) is 1.46. The molecule has 0 radical (unpaired) electrons. The number of carbonyl (C=O) groups excluding carboxylic acids is 1. The molecule has 2 aliphatic carbocycles. The van der Waals surface area contributed by atoms with Gasteiger partial charge in [0.05, 0.1) is 11.5 Å². The summed E-state index contributed by atoms with van der Waals surface area (Å²) in [5.41, 5.74) is 1.93. The van der Waals surface area contributed by atoms with E-state index < -0.39 is 0 Å². The van der Waals surface area contributed by atoms with Crippen LogP contribution in [0.25, 0.3) is 11.0 Å². The lowest BCUT2D eigenvalue weighted by atomic mass is 9.56. The lowest BCUT2D eigenvalue weighted by Crippen LogP contribution is -2.63. The van der Waals surface area contributed by atoms with Gasteiger partial charge in [-0.3, -0.25) is 4.79 Å². The van der Waals surface area contributed by atoms with E-state index in [2.05, 4.69) is 40.9 Å². The van der Waals surface area contributed by atoms with E-state index in [0.717, 1.165) is 43.1 Å². The second-order valence-corrected chi connectivity index (χ2v) is 9.65. The van der Waals surface area contributed by atoms with Crippen LogP contribution < -0.4 is 0 Å². The normalized spacial score (nSPS) is 32.1. The van der Waals surface area contributed by atoms with Gasteiger partial charge in [-0.1, -0.05) is 13.8 Å². The highest BCUT2D eigenvalue weighted by Crippen LogP contribution is 2.56. The van der Waals surface area contributed by atoms with Crippen LogP contribution in [-0.2, 0) is 4.79 Å². The molecule has 0 spiro atoms. The summed E-state index contributed by atoms with van der Waals surface area (Å²) in [6.07, 6.45) is 9.36. The van der Waals surface area contributed by atoms with Crippen molar-refractivity contribution in [1.82, 2.24) is 14.9 Å². The van der Waals surface area contributed by atoms with E-state index in [9.17, 15) is 10.1 Å². The number of hydrogen-bond donors (Lipinski definition) is 1. The summed E-state index contributed by atoms with van der Waals surface area (Å²) in [6.45, 7) is 4.40. The second kappa shape index (κ2) is 6.34. The third-order valence-electron chi connectivity index (χ3n) is 7.54. The molecule has 2 aromatic rings. The largest absolute Gasteiger partial charge is 0.346 e. The van der Waals surface area contributed by atoms with Gasteiger partial charge in [0.2, 0.25) is 5.91 Å². The van der Waals surface area contributed by atoms with Crippen molar-refractivity contribution in [3.05, 3.63) is 30.1 Å². The van der Waals surface area contributed by atoms with Crippen molar-refractivity contribution in [2.24, 2.45) is 17.3 Å². The molecular weight excluding hydrogens is 348 g/mol. The molecule has 4 aliphatic rings. The molecule has 1 N–H and O–H groups in total. The zero-order valence-electron chi connectivity index (χ0n) is 16.7. The molecule has 4 bridgehead atoms. The molecule has 4 heterocycles. The smallest absolute Gasteiger partial charge is 0.223 e. The van der Waals surface area contributed by atoms with E-state index >= 15 is 0 Å². The van der Waals surface area contributed by atoms with Crippen LogP contribution in [0.15, 0.2) is 24.5 Å². The third kappa shape index (κ3) is 2.65. The first-order valence-electron chi connectivity index (χ1n) is 10.6. The highest BCUT2D eigenvalue weighted by atomic mass is 16.2. The Morgan fingerprint density at radius 3 is 2.79 bits per heavy atom. The number of rotatable bonds is 4. The first kappa shape index (κ1) is 17.7. The maximum atomic E-state index is 13.5. The standard InChI is InChI=1S/C23H28N4O/c1-14(2)19(20-12-26-22-18(20)4-3-5-25-22)8-21(28)27-16-6-15-7-17(27)11-23(9-15,10-16)13-24/h3-5,12,14-17,19H,6-11H2,1-2H3,(H,25,26). The summed E-state index contributed by atoms with van der Waals surface area (Å²) >= 11 is 0. The number of pyridine rings is 1. The summed E-state index contributed by atoms with van der Waals surface area (Å²) in [7, 11) is 0. The van der Waals surface area contributed by atoms with Gasteiger partial charge in [-0.15, -0.1) is 0 Å². The molecular formula is C23H28N4O. The number of fused-ring (bicyclic) bond motifs is 1. The fourth-order valence-corrected chi connectivity index (χ4v) is 6.45. The summed E-state index contributed by atoms with van der Waals surface area (Å²) < 4.78 is 0. The fourth-order valence-electron chi connectivity index (χ4n) is 6.45. The Bertz CT molecular complexity index is 939. The van der Waals surface area contributed by atoms with Gasteiger partial charge in [-0.25, -0.2) is 4.98 Å². The lowest BCUT2D eigenvalue weighted by Gasteiger charge is -2.59. The van der Waals surface area contributed by atoms with Crippen molar-refractivity contribution in [2.45, 2.75) is 70.4 Å². The van der Waals surface area contributed by atoms with Crippen LogP contribution >= 0.6 is 0 Å². The molecule has 5 nitrogen and oxygen atoms in total. The van der Waals surface area contributed by atoms with Crippen molar-refractivity contribution in [3.8, 4) is 6.07 Å². The SMILES string of the molecule is CC(C)C(CC(=O)N1C2CC3CC1CC(C#N)(C3)C2)c1c[nH]c2ncccc12. The zero-order chi connectivity index (χ0) is 19.5. The molecule has 3 unspecified atom stereocenters. The van der Waals surface area contributed by atoms with Gasteiger partial charge in [-0.05, 0) is 67.6 Å². The van der Waals surface area contributed by atoms with Crippen molar-refractivity contribution in [1.29, 1.82) is 5.26 Å². The summed E-state index contributed by atoms with van der Waals surface area (Å²) in [4.78, 5) is 23.4. The Morgan fingerprint density at radius 1 is 1.36 bits per heavy atom. The summed E-state index contributed by atoms with van der Waals surface area (Å²) in [5, 5.41) is 10.9. The Labute approximate surface area is 166 Å². The van der Waals surface area contributed by atoms with E-state index in [0.29, 0.717) is 18.3 Å². The van der Waals surface area contributed by atoms with Crippen molar-refractivity contribution < 1.29 is 4.79 Å². The van der Waals surface area contributed by atoms with Crippen molar-refractivity contribution in [3.63, 3.8) is 0 Å². The minimum Gasteiger partial charge on any atom is -0.346 e. The molecule has 28 heavy (non-hydrogen) atoms. The van der Waals surface area contributed by atoms with E-state index in [1.807, 2.05) is 12.3 Å². The number of nitrogens with one attached hydrogen (secondary N) is 1. The van der Waals surface area contributed by atoms with Crippen molar-refractivity contribution >= 4 is 16.9 Å². The first-order valence-corrected chi connectivity index (χ1v) is 10.6. The van der Waals surface area contributed by atoms with Crippen LogP contribution in [0.2, 0.25) is 0 Å². The predicted octanol–water partition coefficient (Wildman–Crippen LogP) is 4.38. The molecule has 0 aromatic carbocycles. The maximum Gasteiger partial charge on any atom is 0.223 e. The molecule has 5 heteroatoms. The van der Waals surface area contributed by atoms with Crippen LogP contribution in [0, 0.1) is 28.6 Å². The average Bonchev–Trinajstić information content (AvgIpc) is 3.09. The highest BCUT2D eigenvalue weighted by Gasteiger charge is 2.56. The molecule has 1 amide bonds. The van der Waals surface area contributed by atoms with E-state index in [1.165, 1.54) is 5.56 Å². The van der Waals surface area contributed by atoms with Gasteiger partial charge in [0, 0.05) is 36.3 Å². The number of nitrogens with zero attached hydrogens (tertiary/aromatic N) is 3. The Hall–Kier alpha value is -2.35. The lowest BCUT2D eigenvalue weighted by molar-refractivity contribution is -0.153. The Balaban J connectivity index is 1.40. The number of nitriles is 1. The molecule has 6 rings (SSSR count). The van der Waals surface area contributed by atoms with E-state index in [1.54, 1.807) is 6.20 Å². The highest BCUT2D eigenvalue weighted by molar-refractivity contribution is 5.83. The number of piperidine rings is 2. The van der Waals surface area contributed by atoms with Crippen molar-refractivity contribution in [2.75, 3.05) is 0 Å². The number of amides is 1. The number of aromatic amines is 1. The van der Waals surface area contributed by atoms with E-state index in [4.69, 9.17) is 0 Å². The van der Waals surface area contributed by atoms with Gasteiger partial charge in [0.15, 0.2) is 0 Å². The van der Waals surface area contributed by atoms with Crippen LogP contribution in [0.1, 0.15) is 63.9 Å². The monoisotopic (exact) mass is 376 g/mol. The molecule has 2 aromatic heterocycles. The third-order valence-corrected chi connectivity index (χ3v) is 7.54. The quantitative estimate of drug-likeness (QED) is 0.861. The van der Waals surface area contributed by atoms with Gasteiger partial charge in [0.25, 0.3) is 0 Å². The minimum absolute atomic E-state index is 0.159. The van der Waals surface area contributed by atoms with Crippen LogP contribution in [-0.4, -0.2) is 32.9 Å². The van der Waals surface area contributed by atoms with E-state index in [-0.39, 0.29) is 29.3 Å². The molecule has 4 fully saturated rings. The molecule has 146 valence electrons. The molecule has 3 atom stereocenters.